The van der Waals surface area contributed by atoms with Crippen LogP contribution in [0.2, 0.25) is 0 Å². The smallest absolute Gasteiger partial charge is 0.220 e. The zero-order valence-electron chi connectivity index (χ0n) is 29.2. The van der Waals surface area contributed by atoms with Gasteiger partial charge in [-0.25, -0.2) is 0 Å². The van der Waals surface area contributed by atoms with Gasteiger partial charge in [0, 0.05) is 6.42 Å². The molecule has 0 radical (unpaired) electrons. The number of amides is 1. The fraction of sp³-hybridized carbons (Fsp3) is 0.775. The molecule has 0 saturated heterocycles. The maximum Gasteiger partial charge on any atom is 0.220 e. The van der Waals surface area contributed by atoms with Crippen molar-refractivity contribution < 1.29 is 15.0 Å². The van der Waals surface area contributed by atoms with Crippen molar-refractivity contribution in [1.82, 2.24) is 5.32 Å². The molecule has 2 atom stereocenters. The van der Waals surface area contributed by atoms with E-state index in [2.05, 4.69) is 55.6 Å². The van der Waals surface area contributed by atoms with Crippen LogP contribution in [0, 0.1) is 0 Å². The molecule has 0 heterocycles. The lowest BCUT2D eigenvalue weighted by atomic mass is 10.0. The van der Waals surface area contributed by atoms with Crippen LogP contribution in [0.15, 0.2) is 48.6 Å². The molecule has 0 aliphatic carbocycles. The monoisotopic (exact) mass is 616 g/mol. The fourth-order valence-electron chi connectivity index (χ4n) is 5.33. The zero-order valence-corrected chi connectivity index (χ0v) is 29.2. The number of allylic oxidation sites excluding steroid dienone is 7. The highest BCUT2D eigenvalue weighted by molar-refractivity contribution is 5.76. The van der Waals surface area contributed by atoms with Crippen LogP contribution < -0.4 is 5.32 Å². The highest BCUT2D eigenvalue weighted by Crippen LogP contribution is 2.13. The lowest BCUT2D eigenvalue weighted by molar-refractivity contribution is -0.122. The van der Waals surface area contributed by atoms with Crippen LogP contribution in [0.3, 0.4) is 0 Å². The van der Waals surface area contributed by atoms with Crippen molar-refractivity contribution in [3.8, 4) is 0 Å². The van der Waals surface area contributed by atoms with Crippen LogP contribution in [-0.4, -0.2) is 34.9 Å². The topological polar surface area (TPSA) is 69.6 Å². The zero-order chi connectivity index (χ0) is 32.2. The van der Waals surface area contributed by atoms with Gasteiger partial charge in [-0.3, -0.25) is 4.79 Å². The summed E-state index contributed by atoms with van der Waals surface area (Å²) in [6.45, 7) is 4.23. The second-order valence-electron chi connectivity index (χ2n) is 12.6. The molecule has 0 aromatic carbocycles. The minimum Gasteiger partial charge on any atom is -0.394 e. The number of aliphatic hydroxyl groups excluding tert-OH is 2. The molecule has 0 bridgehead atoms. The second kappa shape index (κ2) is 35.8. The summed E-state index contributed by atoms with van der Waals surface area (Å²) in [6, 6.07) is -0.657. The Balaban J connectivity index is 3.68. The van der Waals surface area contributed by atoms with E-state index in [-0.39, 0.29) is 12.5 Å². The Bertz CT molecular complexity index is 711. The predicted octanol–water partition coefficient (Wildman–Crippen LogP) is 11.2. The Morgan fingerprint density at radius 3 is 1.34 bits per heavy atom. The van der Waals surface area contributed by atoms with Crippen LogP contribution in [0.1, 0.15) is 181 Å². The quantitative estimate of drug-likeness (QED) is 0.0508. The van der Waals surface area contributed by atoms with Crippen molar-refractivity contribution in [3.05, 3.63) is 48.6 Å². The third-order valence-electron chi connectivity index (χ3n) is 8.26. The van der Waals surface area contributed by atoms with Gasteiger partial charge in [-0.05, 0) is 64.2 Å². The first-order valence-corrected chi connectivity index (χ1v) is 18.9. The van der Waals surface area contributed by atoms with Crippen LogP contribution in [0.25, 0.3) is 0 Å². The number of rotatable bonds is 33. The van der Waals surface area contributed by atoms with Crippen molar-refractivity contribution in [2.75, 3.05) is 6.61 Å². The number of hydrogen-bond acceptors (Lipinski definition) is 3. The average Bonchev–Trinajstić information content (AvgIpc) is 3.03. The van der Waals surface area contributed by atoms with Gasteiger partial charge in [-0.15, -0.1) is 0 Å². The molecule has 44 heavy (non-hydrogen) atoms. The third kappa shape index (κ3) is 31.8. The van der Waals surface area contributed by atoms with E-state index in [1.807, 2.05) is 6.08 Å². The van der Waals surface area contributed by atoms with Gasteiger partial charge < -0.3 is 15.5 Å². The van der Waals surface area contributed by atoms with E-state index < -0.39 is 12.1 Å². The molecular weight excluding hydrogens is 542 g/mol. The normalized spacial score (nSPS) is 13.6. The molecule has 0 aliphatic heterocycles. The molecule has 0 saturated carbocycles. The van der Waals surface area contributed by atoms with Gasteiger partial charge in [0.15, 0.2) is 0 Å². The number of nitrogens with one attached hydrogen (secondary N) is 1. The van der Waals surface area contributed by atoms with E-state index in [4.69, 9.17) is 0 Å². The summed E-state index contributed by atoms with van der Waals surface area (Å²) in [5, 5.41) is 22.8. The molecule has 0 aromatic rings. The summed E-state index contributed by atoms with van der Waals surface area (Å²) in [7, 11) is 0. The number of hydrogen-bond donors (Lipinski definition) is 3. The summed E-state index contributed by atoms with van der Waals surface area (Å²) in [5.74, 6) is -0.117. The van der Waals surface area contributed by atoms with Crippen molar-refractivity contribution in [2.45, 2.75) is 193 Å². The summed E-state index contributed by atoms with van der Waals surface area (Å²) in [5.41, 5.74) is 0. The van der Waals surface area contributed by atoms with Gasteiger partial charge in [-0.2, -0.15) is 0 Å². The number of aliphatic hydroxyl groups is 2. The Hall–Kier alpha value is -1.65. The molecule has 2 unspecified atom stereocenters. The van der Waals surface area contributed by atoms with Gasteiger partial charge >= 0.3 is 0 Å². The van der Waals surface area contributed by atoms with Gasteiger partial charge in [0.05, 0.1) is 18.8 Å². The van der Waals surface area contributed by atoms with Crippen LogP contribution in [-0.2, 0) is 4.79 Å². The first-order chi connectivity index (χ1) is 21.7. The minimum atomic E-state index is -0.879. The van der Waals surface area contributed by atoms with E-state index in [1.54, 1.807) is 6.08 Å². The van der Waals surface area contributed by atoms with E-state index in [0.29, 0.717) is 6.42 Å². The summed E-state index contributed by atoms with van der Waals surface area (Å²) >= 11 is 0. The summed E-state index contributed by atoms with van der Waals surface area (Å²) in [6.07, 6.45) is 47.9. The van der Waals surface area contributed by atoms with E-state index in [1.165, 1.54) is 116 Å². The first kappa shape index (κ1) is 42.3. The third-order valence-corrected chi connectivity index (χ3v) is 8.26. The Kier molecular flexibility index (Phi) is 34.5. The molecular formula is C40H73NO3. The molecule has 1 amide bonds. The SMILES string of the molecule is CCCCCC/C=C\CCCC(=O)NC(CO)C(O)/C=C/CC/C=C/CC/C=C/CCCCCCCCCCCCCCC. The largest absolute Gasteiger partial charge is 0.394 e. The highest BCUT2D eigenvalue weighted by Gasteiger charge is 2.17. The van der Waals surface area contributed by atoms with E-state index in [0.717, 1.165) is 44.9 Å². The maximum atomic E-state index is 12.2. The van der Waals surface area contributed by atoms with Gasteiger partial charge in [0.2, 0.25) is 5.91 Å². The predicted molar refractivity (Wildman–Crippen MR) is 193 cm³/mol. The summed E-state index contributed by atoms with van der Waals surface area (Å²) < 4.78 is 0. The molecule has 0 rings (SSSR count). The van der Waals surface area contributed by atoms with Crippen molar-refractivity contribution in [1.29, 1.82) is 0 Å². The van der Waals surface area contributed by atoms with Gasteiger partial charge in [0.25, 0.3) is 0 Å². The van der Waals surface area contributed by atoms with Gasteiger partial charge in [-0.1, -0.05) is 159 Å². The van der Waals surface area contributed by atoms with E-state index >= 15 is 0 Å². The van der Waals surface area contributed by atoms with Gasteiger partial charge in [0.1, 0.15) is 0 Å². The summed E-state index contributed by atoms with van der Waals surface area (Å²) in [4.78, 5) is 12.2. The fourth-order valence-corrected chi connectivity index (χ4v) is 5.33. The molecule has 3 N–H and O–H groups in total. The number of unbranched alkanes of at least 4 members (excludes halogenated alkanes) is 20. The van der Waals surface area contributed by atoms with Crippen molar-refractivity contribution in [3.63, 3.8) is 0 Å². The molecule has 4 nitrogen and oxygen atoms in total. The standard InChI is InChI=1S/C40H73NO3/c1-3-5-7-9-11-13-14-15-16-17-18-19-20-21-22-23-24-25-26-28-29-31-33-35-39(43)38(37-42)41-40(44)36-34-32-30-27-12-10-8-6-4-2/h22-23,26-28,30,33,35,38-39,42-43H,3-21,24-25,29,31-32,34,36-37H2,1-2H3,(H,41,44)/b23-22+,28-26+,30-27-,35-33+. The highest BCUT2D eigenvalue weighted by atomic mass is 16.3. The maximum absolute atomic E-state index is 12.2. The van der Waals surface area contributed by atoms with Crippen molar-refractivity contribution >= 4 is 5.91 Å². The van der Waals surface area contributed by atoms with Crippen molar-refractivity contribution in [2.24, 2.45) is 0 Å². The lowest BCUT2D eigenvalue weighted by Crippen LogP contribution is -2.45. The molecule has 256 valence electrons. The number of carbonyl (C=O) groups is 1. The molecule has 0 aliphatic rings. The van der Waals surface area contributed by atoms with Crippen LogP contribution >= 0.6 is 0 Å². The van der Waals surface area contributed by atoms with Crippen LogP contribution in [0.4, 0.5) is 0 Å². The average molecular weight is 616 g/mol. The molecule has 0 aromatic heterocycles. The Labute approximate surface area is 274 Å². The first-order valence-electron chi connectivity index (χ1n) is 18.9. The molecule has 4 heteroatoms. The molecule has 0 fully saturated rings. The second-order valence-corrected chi connectivity index (χ2v) is 12.6. The molecule has 0 spiro atoms. The van der Waals surface area contributed by atoms with Crippen LogP contribution in [0.5, 0.6) is 0 Å². The Morgan fingerprint density at radius 2 is 0.886 bits per heavy atom. The van der Waals surface area contributed by atoms with E-state index in [9.17, 15) is 15.0 Å². The number of carbonyl (C=O) groups excluding carboxylic acids is 1. The Morgan fingerprint density at radius 1 is 0.523 bits per heavy atom. The lowest BCUT2D eigenvalue weighted by Gasteiger charge is -2.19. The minimum absolute atomic E-state index is 0.117.